The van der Waals surface area contributed by atoms with Gasteiger partial charge in [0.1, 0.15) is 0 Å². The lowest BCUT2D eigenvalue weighted by molar-refractivity contribution is 0.619. The van der Waals surface area contributed by atoms with E-state index in [9.17, 15) is 9.59 Å². The molecule has 0 saturated heterocycles. The molecule has 0 radical (unpaired) electrons. The lowest BCUT2D eigenvalue weighted by atomic mass is 9.94. The molecule has 0 amide bonds. The summed E-state index contributed by atoms with van der Waals surface area (Å²) in [5.74, 6) is 0.459. The van der Waals surface area contributed by atoms with Crippen LogP contribution < -0.4 is 16.2 Å². The first-order chi connectivity index (χ1) is 11.1. The zero-order chi connectivity index (χ0) is 16.4. The quantitative estimate of drug-likeness (QED) is 0.679. The van der Waals surface area contributed by atoms with Crippen LogP contribution in [0.3, 0.4) is 0 Å². The van der Waals surface area contributed by atoms with Gasteiger partial charge in [-0.05, 0) is 29.9 Å². The summed E-state index contributed by atoms with van der Waals surface area (Å²) in [7, 11) is 0. The third kappa shape index (κ3) is 3.24. The number of nitrogens with one attached hydrogen (secondary N) is 1. The van der Waals surface area contributed by atoms with E-state index in [4.69, 9.17) is 0 Å². The molecule has 0 aliphatic heterocycles. The minimum Gasteiger partial charge on any atom is -0.378 e. The summed E-state index contributed by atoms with van der Waals surface area (Å²) in [5.41, 5.74) is 2.52. The van der Waals surface area contributed by atoms with Gasteiger partial charge in [0.15, 0.2) is 0 Å². The maximum atomic E-state index is 12.1. The predicted octanol–water partition coefficient (Wildman–Crippen LogP) is 4.21. The molecule has 0 bridgehead atoms. The molecule has 23 heavy (non-hydrogen) atoms. The normalized spacial score (nSPS) is 16.7. The average molecular weight is 311 g/mol. The molecule has 0 heterocycles. The summed E-state index contributed by atoms with van der Waals surface area (Å²) in [4.78, 5) is 24.1. The molecule has 0 atom stereocenters. The Labute approximate surface area is 137 Å². The Morgan fingerprint density at radius 3 is 2.09 bits per heavy atom. The van der Waals surface area contributed by atoms with E-state index in [0.717, 1.165) is 18.4 Å². The molecule has 1 aliphatic carbocycles. The largest absolute Gasteiger partial charge is 0.378 e. The first kappa shape index (κ1) is 16.0. The van der Waals surface area contributed by atoms with E-state index >= 15 is 0 Å². The molecule has 0 spiro atoms. The second-order valence-corrected chi connectivity index (χ2v) is 7.02. The van der Waals surface area contributed by atoms with Crippen LogP contribution in [0.15, 0.2) is 33.9 Å². The van der Waals surface area contributed by atoms with Crippen molar-refractivity contribution in [3.05, 3.63) is 50.3 Å². The topological polar surface area (TPSA) is 46.2 Å². The fourth-order valence-electron chi connectivity index (χ4n) is 3.47. The van der Waals surface area contributed by atoms with Gasteiger partial charge in [0.05, 0.1) is 11.3 Å². The molecule has 0 aromatic heterocycles. The van der Waals surface area contributed by atoms with Crippen LogP contribution in [0, 0.1) is 0 Å². The molecule has 1 aliphatic rings. The van der Waals surface area contributed by atoms with Crippen molar-refractivity contribution in [2.45, 2.75) is 64.3 Å². The Hall–Kier alpha value is -1.90. The number of rotatable bonds is 4. The summed E-state index contributed by atoms with van der Waals surface area (Å²) in [5, 5.41) is 3.37. The van der Waals surface area contributed by atoms with Crippen molar-refractivity contribution in [3.8, 4) is 11.1 Å². The first-order valence-electron chi connectivity index (χ1n) is 8.78. The fraction of sp³-hybridized carbons (Fsp3) is 0.500. The van der Waals surface area contributed by atoms with Gasteiger partial charge < -0.3 is 5.32 Å². The van der Waals surface area contributed by atoms with Crippen molar-refractivity contribution in [1.29, 1.82) is 0 Å². The molecule has 122 valence electrons. The monoisotopic (exact) mass is 311 g/mol. The third-order valence-electron chi connectivity index (χ3n) is 4.98. The molecular weight excluding hydrogens is 286 g/mol. The molecule has 1 fully saturated rings. The smallest absolute Gasteiger partial charge is 0.250 e. The van der Waals surface area contributed by atoms with Crippen LogP contribution >= 0.6 is 0 Å². The van der Waals surface area contributed by atoms with E-state index in [0.29, 0.717) is 23.2 Å². The second-order valence-electron chi connectivity index (χ2n) is 7.02. The van der Waals surface area contributed by atoms with Crippen molar-refractivity contribution < 1.29 is 0 Å². The van der Waals surface area contributed by atoms with Crippen molar-refractivity contribution in [2.24, 2.45) is 0 Å². The average Bonchev–Trinajstić information content (AvgIpc) is 2.83. The third-order valence-corrected chi connectivity index (χ3v) is 4.98. The minimum atomic E-state index is -0.350. The van der Waals surface area contributed by atoms with Crippen LogP contribution in [0.4, 0.5) is 5.69 Å². The number of benzene rings is 1. The highest BCUT2D eigenvalue weighted by Gasteiger charge is 2.24. The van der Waals surface area contributed by atoms with Gasteiger partial charge in [0, 0.05) is 6.04 Å². The van der Waals surface area contributed by atoms with Crippen molar-refractivity contribution in [3.63, 3.8) is 0 Å². The fourth-order valence-corrected chi connectivity index (χ4v) is 3.47. The maximum Gasteiger partial charge on any atom is 0.250 e. The molecule has 0 unspecified atom stereocenters. The molecule has 1 N–H and O–H groups in total. The molecule has 3 heteroatoms. The molecular formula is C20H25NO2. The Bertz CT molecular complexity index is 728. The molecule has 1 saturated carbocycles. The van der Waals surface area contributed by atoms with Crippen LogP contribution in [0.25, 0.3) is 11.1 Å². The Balaban J connectivity index is 1.84. The van der Waals surface area contributed by atoms with E-state index in [1.54, 1.807) is 0 Å². The van der Waals surface area contributed by atoms with Gasteiger partial charge in [0.25, 0.3) is 0 Å². The van der Waals surface area contributed by atoms with E-state index in [2.05, 4.69) is 19.2 Å². The molecule has 2 aromatic carbocycles. The lowest BCUT2D eigenvalue weighted by Crippen LogP contribution is -2.38. The molecule has 3 rings (SSSR count). The van der Waals surface area contributed by atoms with Crippen LogP contribution in [-0.2, 0) is 0 Å². The van der Waals surface area contributed by atoms with Gasteiger partial charge >= 0.3 is 0 Å². The Morgan fingerprint density at radius 2 is 1.52 bits per heavy atom. The number of anilines is 1. The summed E-state index contributed by atoms with van der Waals surface area (Å²) in [6.07, 6.45) is 7.12. The lowest BCUT2D eigenvalue weighted by Gasteiger charge is -2.21. The SMILES string of the molecule is CC(C)c1ccc(-c2c(NC3CCCCCC3)c(=O)c2=O)cc1. The van der Waals surface area contributed by atoms with Gasteiger partial charge in [-0.3, -0.25) is 9.59 Å². The first-order valence-corrected chi connectivity index (χ1v) is 8.78. The zero-order valence-corrected chi connectivity index (χ0v) is 14.0. The summed E-state index contributed by atoms with van der Waals surface area (Å²) >= 11 is 0. The highest BCUT2D eigenvalue weighted by atomic mass is 16.2. The van der Waals surface area contributed by atoms with Crippen LogP contribution in [-0.4, -0.2) is 6.04 Å². The van der Waals surface area contributed by atoms with Crippen molar-refractivity contribution >= 4 is 5.69 Å². The molecule has 3 nitrogen and oxygen atoms in total. The van der Waals surface area contributed by atoms with Gasteiger partial charge in [-0.1, -0.05) is 63.8 Å². The van der Waals surface area contributed by atoms with Gasteiger partial charge in [-0.15, -0.1) is 0 Å². The minimum absolute atomic E-state index is 0.328. The number of hydrogen-bond donors (Lipinski definition) is 1. The van der Waals surface area contributed by atoms with E-state index in [-0.39, 0.29) is 10.9 Å². The van der Waals surface area contributed by atoms with E-state index < -0.39 is 0 Å². The summed E-state index contributed by atoms with van der Waals surface area (Å²) in [6, 6.07) is 8.35. The van der Waals surface area contributed by atoms with Crippen LogP contribution in [0.1, 0.15) is 63.9 Å². The summed E-state index contributed by atoms with van der Waals surface area (Å²) in [6.45, 7) is 4.29. The highest BCUT2D eigenvalue weighted by molar-refractivity contribution is 5.82. The van der Waals surface area contributed by atoms with Gasteiger partial charge in [-0.25, -0.2) is 0 Å². The van der Waals surface area contributed by atoms with Gasteiger partial charge in [-0.2, -0.15) is 0 Å². The number of hydrogen-bond acceptors (Lipinski definition) is 3. The van der Waals surface area contributed by atoms with E-state index in [1.807, 2.05) is 24.3 Å². The Morgan fingerprint density at radius 1 is 0.913 bits per heavy atom. The van der Waals surface area contributed by atoms with Gasteiger partial charge in [0.2, 0.25) is 10.9 Å². The Kier molecular flexibility index (Phi) is 4.65. The van der Waals surface area contributed by atoms with E-state index in [1.165, 1.54) is 31.2 Å². The standard InChI is InChI=1S/C20H25NO2/c1-13(2)14-9-11-15(12-10-14)17-18(20(23)19(17)22)21-16-7-5-3-4-6-8-16/h9-13,16,21H,3-8H2,1-2H3. The predicted molar refractivity (Wildman–Crippen MR) is 96.0 cm³/mol. The summed E-state index contributed by atoms with van der Waals surface area (Å²) < 4.78 is 0. The highest BCUT2D eigenvalue weighted by Crippen LogP contribution is 2.28. The van der Waals surface area contributed by atoms with Crippen LogP contribution in [0.2, 0.25) is 0 Å². The maximum absolute atomic E-state index is 12.1. The van der Waals surface area contributed by atoms with Crippen LogP contribution in [0.5, 0.6) is 0 Å². The second kappa shape index (κ2) is 6.69. The van der Waals surface area contributed by atoms with Crippen molar-refractivity contribution in [2.75, 3.05) is 5.32 Å². The zero-order valence-electron chi connectivity index (χ0n) is 14.0. The molecule has 2 aromatic rings. The van der Waals surface area contributed by atoms with Crippen molar-refractivity contribution in [1.82, 2.24) is 0 Å².